The van der Waals surface area contributed by atoms with Gasteiger partial charge in [-0.1, -0.05) is 27.7 Å². The predicted octanol–water partition coefficient (Wildman–Crippen LogP) is 3.01. The fourth-order valence-electron chi connectivity index (χ4n) is 2.37. The van der Waals surface area contributed by atoms with Gasteiger partial charge in [-0.15, -0.1) is 0 Å². The summed E-state index contributed by atoms with van der Waals surface area (Å²) in [5.74, 6) is 0.531. The summed E-state index contributed by atoms with van der Waals surface area (Å²) in [6.45, 7) is 15.2. The molecule has 17 heavy (non-hydrogen) atoms. The van der Waals surface area contributed by atoms with Crippen molar-refractivity contribution in [2.45, 2.75) is 66.5 Å². The number of nitrogens with one attached hydrogen (secondary N) is 1. The highest BCUT2D eigenvalue weighted by Gasteiger charge is 2.17. The largest absolute Gasteiger partial charge is 0.314 e. The summed E-state index contributed by atoms with van der Waals surface area (Å²) < 4.78 is 2.15. The van der Waals surface area contributed by atoms with Crippen molar-refractivity contribution in [3.8, 4) is 0 Å². The summed E-state index contributed by atoms with van der Waals surface area (Å²) in [5.41, 5.74) is 3.95. The maximum atomic E-state index is 4.64. The number of aromatic nitrogens is 2. The third-order valence-corrected chi connectivity index (χ3v) is 3.20. The van der Waals surface area contributed by atoms with Crippen molar-refractivity contribution < 1.29 is 0 Å². The molecule has 0 aromatic carbocycles. The molecular weight excluding hydrogens is 210 g/mol. The van der Waals surface area contributed by atoms with Gasteiger partial charge in [0.05, 0.1) is 5.69 Å². The van der Waals surface area contributed by atoms with Gasteiger partial charge in [0.25, 0.3) is 0 Å². The number of aryl methyl sites for hydroxylation is 2. The molecule has 0 fully saturated rings. The zero-order chi connectivity index (χ0) is 13.0. The fraction of sp³-hybridized carbons (Fsp3) is 0.786. The van der Waals surface area contributed by atoms with Gasteiger partial charge in [0.15, 0.2) is 0 Å². The molecule has 1 N–H and O–H groups in total. The van der Waals surface area contributed by atoms with E-state index in [9.17, 15) is 0 Å². The van der Waals surface area contributed by atoms with Crippen molar-refractivity contribution >= 4 is 0 Å². The first-order valence-corrected chi connectivity index (χ1v) is 6.74. The van der Waals surface area contributed by atoms with E-state index in [1.165, 1.54) is 17.0 Å². The topological polar surface area (TPSA) is 29.9 Å². The Morgan fingerprint density at radius 1 is 1.24 bits per heavy atom. The SMILES string of the molecule is CCCn1nc(C)c(C(C)CNC(C)C)c1C. The molecule has 1 atom stereocenters. The fourth-order valence-corrected chi connectivity index (χ4v) is 2.37. The molecule has 1 heterocycles. The third kappa shape index (κ3) is 3.56. The molecule has 0 aliphatic rings. The van der Waals surface area contributed by atoms with Crippen LogP contribution in [0.25, 0.3) is 0 Å². The molecule has 0 saturated heterocycles. The van der Waals surface area contributed by atoms with Crippen LogP contribution in [0.3, 0.4) is 0 Å². The van der Waals surface area contributed by atoms with Crippen molar-refractivity contribution in [3.63, 3.8) is 0 Å². The molecular formula is C14H27N3. The molecule has 0 radical (unpaired) electrons. The van der Waals surface area contributed by atoms with Gasteiger partial charge in [-0.3, -0.25) is 4.68 Å². The van der Waals surface area contributed by atoms with E-state index in [2.05, 4.69) is 56.6 Å². The van der Waals surface area contributed by atoms with Crippen molar-refractivity contribution in [2.75, 3.05) is 6.54 Å². The Morgan fingerprint density at radius 2 is 1.88 bits per heavy atom. The van der Waals surface area contributed by atoms with E-state index in [0.717, 1.165) is 19.5 Å². The van der Waals surface area contributed by atoms with Crippen LogP contribution < -0.4 is 5.32 Å². The Kier molecular flexibility index (Phi) is 5.19. The molecule has 98 valence electrons. The third-order valence-electron chi connectivity index (χ3n) is 3.20. The summed E-state index contributed by atoms with van der Waals surface area (Å²) in [4.78, 5) is 0. The standard InChI is InChI=1S/C14H27N3/c1-7-8-17-13(6)14(12(5)16-17)11(4)9-15-10(2)3/h10-11,15H,7-9H2,1-6H3. The van der Waals surface area contributed by atoms with Crippen LogP contribution in [0.15, 0.2) is 0 Å². The zero-order valence-corrected chi connectivity index (χ0v) is 12.2. The van der Waals surface area contributed by atoms with E-state index < -0.39 is 0 Å². The van der Waals surface area contributed by atoms with Gasteiger partial charge in [0.1, 0.15) is 0 Å². The minimum atomic E-state index is 0.531. The van der Waals surface area contributed by atoms with Crippen LogP contribution in [-0.2, 0) is 6.54 Å². The Hall–Kier alpha value is -0.830. The number of rotatable bonds is 6. The summed E-state index contributed by atoms with van der Waals surface area (Å²) in [5, 5.41) is 8.14. The maximum absolute atomic E-state index is 4.64. The van der Waals surface area contributed by atoms with E-state index >= 15 is 0 Å². The molecule has 1 aromatic heterocycles. The highest BCUT2D eigenvalue weighted by Crippen LogP contribution is 2.23. The minimum Gasteiger partial charge on any atom is -0.314 e. The molecule has 0 aliphatic heterocycles. The molecule has 3 heteroatoms. The highest BCUT2D eigenvalue weighted by atomic mass is 15.3. The van der Waals surface area contributed by atoms with Gasteiger partial charge in [-0.2, -0.15) is 5.10 Å². The van der Waals surface area contributed by atoms with Gasteiger partial charge in [0, 0.05) is 24.8 Å². The zero-order valence-electron chi connectivity index (χ0n) is 12.2. The van der Waals surface area contributed by atoms with Gasteiger partial charge in [0.2, 0.25) is 0 Å². The molecule has 1 aromatic rings. The van der Waals surface area contributed by atoms with E-state index in [1.807, 2.05) is 0 Å². The summed E-state index contributed by atoms with van der Waals surface area (Å²) in [6.07, 6.45) is 1.14. The molecule has 3 nitrogen and oxygen atoms in total. The molecule has 0 aliphatic carbocycles. The second kappa shape index (κ2) is 6.20. The lowest BCUT2D eigenvalue weighted by Gasteiger charge is -2.15. The molecule has 1 rings (SSSR count). The Morgan fingerprint density at radius 3 is 2.41 bits per heavy atom. The van der Waals surface area contributed by atoms with Crippen LogP contribution >= 0.6 is 0 Å². The second-order valence-corrected chi connectivity index (χ2v) is 5.27. The molecule has 0 spiro atoms. The highest BCUT2D eigenvalue weighted by molar-refractivity contribution is 5.28. The maximum Gasteiger partial charge on any atom is 0.0631 e. The van der Waals surface area contributed by atoms with Crippen molar-refractivity contribution in [1.82, 2.24) is 15.1 Å². The van der Waals surface area contributed by atoms with E-state index in [-0.39, 0.29) is 0 Å². The Balaban J connectivity index is 2.82. The van der Waals surface area contributed by atoms with Crippen LogP contribution in [0.1, 0.15) is 57.0 Å². The summed E-state index contributed by atoms with van der Waals surface area (Å²) in [7, 11) is 0. The van der Waals surface area contributed by atoms with Crippen LogP contribution in [0.5, 0.6) is 0 Å². The Bertz CT molecular complexity index is 353. The average Bonchev–Trinajstić information content (AvgIpc) is 2.52. The first-order chi connectivity index (χ1) is 7.97. The quantitative estimate of drug-likeness (QED) is 0.824. The molecule has 0 amide bonds. The van der Waals surface area contributed by atoms with Crippen molar-refractivity contribution in [1.29, 1.82) is 0 Å². The number of hydrogen-bond acceptors (Lipinski definition) is 2. The average molecular weight is 237 g/mol. The monoisotopic (exact) mass is 237 g/mol. The second-order valence-electron chi connectivity index (χ2n) is 5.27. The lowest BCUT2D eigenvalue weighted by Crippen LogP contribution is -2.27. The van der Waals surface area contributed by atoms with Gasteiger partial charge >= 0.3 is 0 Å². The van der Waals surface area contributed by atoms with Gasteiger partial charge < -0.3 is 5.32 Å². The van der Waals surface area contributed by atoms with E-state index in [0.29, 0.717) is 12.0 Å². The number of nitrogens with zero attached hydrogens (tertiary/aromatic N) is 2. The van der Waals surface area contributed by atoms with Crippen LogP contribution in [0, 0.1) is 13.8 Å². The summed E-state index contributed by atoms with van der Waals surface area (Å²) >= 11 is 0. The minimum absolute atomic E-state index is 0.531. The van der Waals surface area contributed by atoms with Crippen molar-refractivity contribution in [3.05, 3.63) is 17.0 Å². The van der Waals surface area contributed by atoms with Crippen LogP contribution in [0.4, 0.5) is 0 Å². The lowest BCUT2D eigenvalue weighted by atomic mass is 9.99. The normalized spacial score (nSPS) is 13.4. The summed E-state index contributed by atoms with van der Waals surface area (Å²) in [6, 6.07) is 0.545. The molecule has 0 bridgehead atoms. The Labute approximate surface area is 106 Å². The van der Waals surface area contributed by atoms with Crippen LogP contribution in [-0.4, -0.2) is 22.4 Å². The van der Waals surface area contributed by atoms with Crippen LogP contribution in [0.2, 0.25) is 0 Å². The van der Waals surface area contributed by atoms with Crippen molar-refractivity contribution in [2.24, 2.45) is 0 Å². The van der Waals surface area contributed by atoms with E-state index in [4.69, 9.17) is 0 Å². The van der Waals surface area contributed by atoms with E-state index in [1.54, 1.807) is 0 Å². The number of hydrogen-bond donors (Lipinski definition) is 1. The van der Waals surface area contributed by atoms with Gasteiger partial charge in [-0.25, -0.2) is 0 Å². The molecule has 0 saturated carbocycles. The first kappa shape index (κ1) is 14.2. The molecule has 1 unspecified atom stereocenters. The lowest BCUT2D eigenvalue weighted by molar-refractivity contribution is 0.543. The predicted molar refractivity (Wildman–Crippen MR) is 73.5 cm³/mol. The first-order valence-electron chi connectivity index (χ1n) is 6.74. The van der Waals surface area contributed by atoms with Gasteiger partial charge in [-0.05, 0) is 31.7 Å². The smallest absolute Gasteiger partial charge is 0.0631 e.